The molecule has 0 bridgehead atoms. The fourth-order valence-electron chi connectivity index (χ4n) is 2.94. The van der Waals surface area contributed by atoms with Crippen LogP contribution in [0.4, 0.5) is 5.69 Å². The molecule has 23 heavy (non-hydrogen) atoms. The average molecular weight is 308 g/mol. The number of aryl methyl sites for hydroxylation is 1. The normalized spacial score (nSPS) is 17.3. The molecule has 2 amide bonds. The molecule has 2 aromatic rings. The number of carbonyl (C=O) groups excluding carboxylic acids is 2. The van der Waals surface area contributed by atoms with Crippen molar-refractivity contribution in [2.75, 3.05) is 18.0 Å². The van der Waals surface area contributed by atoms with Gasteiger partial charge < -0.3 is 10.2 Å². The molecule has 1 fully saturated rings. The van der Waals surface area contributed by atoms with Crippen LogP contribution in [-0.4, -0.2) is 24.9 Å². The first-order valence-electron chi connectivity index (χ1n) is 7.84. The van der Waals surface area contributed by atoms with E-state index in [4.69, 9.17) is 0 Å². The van der Waals surface area contributed by atoms with E-state index in [0.717, 1.165) is 11.3 Å². The predicted octanol–water partition coefficient (Wildman–Crippen LogP) is 2.78. The number of benzene rings is 2. The lowest BCUT2D eigenvalue weighted by Gasteiger charge is -2.17. The zero-order chi connectivity index (χ0) is 16.2. The SMILES string of the molecule is Cc1ccccc1C(=O)NC[C@@H]1CC(=O)N(c2ccccc2)C1. The second-order valence-corrected chi connectivity index (χ2v) is 5.93. The zero-order valence-corrected chi connectivity index (χ0v) is 13.2. The van der Waals surface area contributed by atoms with Gasteiger partial charge in [-0.2, -0.15) is 0 Å². The van der Waals surface area contributed by atoms with Crippen LogP contribution >= 0.6 is 0 Å². The van der Waals surface area contributed by atoms with Crippen molar-refractivity contribution in [1.82, 2.24) is 5.32 Å². The van der Waals surface area contributed by atoms with E-state index >= 15 is 0 Å². The average Bonchev–Trinajstić information content (AvgIpc) is 2.95. The number of hydrogen-bond donors (Lipinski definition) is 1. The Balaban J connectivity index is 1.59. The molecule has 3 rings (SSSR count). The van der Waals surface area contributed by atoms with E-state index in [2.05, 4.69) is 5.32 Å². The van der Waals surface area contributed by atoms with Crippen LogP contribution in [0.1, 0.15) is 22.3 Å². The number of nitrogens with one attached hydrogen (secondary N) is 1. The minimum absolute atomic E-state index is 0.0753. The Kier molecular flexibility index (Phi) is 4.42. The van der Waals surface area contributed by atoms with Crippen molar-refractivity contribution in [2.45, 2.75) is 13.3 Å². The zero-order valence-electron chi connectivity index (χ0n) is 13.2. The summed E-state index contributed by atoms with van der Waals surface area (Å²) in [5, 5.41) is 2.96. The van der Waals surface area contributed by atoms with Gasteiger partial charge in [0.1, 0.15) is 0 Å². The highest BCUT2D eigenvalue weighted by atomic mass is 16.2. The molecule has 4 heteroatoms. The minimum Gasteiger partial charge on any atom is -0.352 e. The molecular formula is C19H20N2O2. The molecule has 2 aromatic carbocycles. The van der Waals surface area contributed by atoms with Gasteiger partial charge in [-0.1, -0.05) is 36.4 Å². The van der Waals surface area contributed by atoms with Crippen molar-refractivity contribution in [3.8, 4) is 0 Å². The molecule has 1 saturated heterocycles. The van der Waals surface area contributed by atoms with Crippen LogP contribution in [0.5, 0.6) is 0 Å². The van der Waals surface area contributed by atoms with Crippen LogP contribution in [0.15, 0.2) is 54.6 Å². The van der Waals surface area contributed by atoms with E-state index in [1.54, 1.807) is 4.90 Å². The van der Waals surface area contributed by atoms with Crippen molar-refractivity contribution >= 4 is 17.5 Å². The molecular weight excluding hydrogens is 288 g/mol. The number of hydrogen-bond acceptors (Lipinski definition) is 2. The van der Waals surface area contributed by atoms with Crippen LogP contribution in [0.25, 0.3) is 0 Å². The number of anilines is 1. The summed E-state index contributed by atoms with van der Waals surface area (Å²) in [7, 11) is 0. The Bertz CT molecular complexity index is 712. The van der Waals surface area contributed by atoms with Crippen LogP contribution in [-0.2, 0) is 4.79 Å². The monoisotopic (exact) mass is 308 g/mol. The van der Waals surface area contributed by atoms with E-state index in [1.165, 1.54) is 0 Å². The highest BCUT2D eigenvalue weighted by molar-refractivity contribution is 5.97. The summed E-state index contributed by atoms with van der Waals surface area (Å²) in [6.07, 6.45) is 0.475. The molecule has 1 aliphatic heterocycles. The van der Waals surface area contributed by atoms with Gasteiger partial charge in [0.15, 0.2) is 0 Å². The molecule has 0 aromatic heterocycles. The van der Waals surface area contributed by atoms with Crippen molar-refractivity contribution in [3.05, 3.63) is 65.7 Å². The van der Waals surface area contributed by atoms with Crippen molar-refractivity contribution in [2.24, 2.45) is 5.92 Å². The molecule has 1 aliphatic rings. The maximum Gasteiger partial charge on any atom is 0.251 e. The third-order valence-electron chi connectivity index (χ3n) is 4.21. The van der Waals surface area contributed by atoms with Gasteiger partial charge >= 0.3 is 0 Å². The Hall–Kier alpha value is -2.62. The molecule has 118 valence electrons. The third-order valence-corrected chi connectivity index (χ3v) is 4.21. The van der Waals surface area contributed by atoms with Gasteiger partial charge in [-0.05, 0) is 30.7 Å². The summed E-state index contributed by atoms with van der Waals surface area (Å²) < 4.78 is 0. The Morgan fingerprint density at radius 3 is 2.57 bits per heavy atom. The number of carbonyl (C=O) groups is 2. The van der Waals surface area contributed by atoms with Gasteiger partial charge in [0.2, 0.25) is 5.91 Å². The minimum atomic E-state index is -0.0753. The van der Waals surface area contributed by atoms with E-state index in [1.807, 2.05) is 61.5 Å². The lowest BCUT2D eigenvalue weighted by Crippen LogP contribution is -2.31. The first-order chi connectivity index (χ1) is 11.1. The first kappa shape index (κ1) is 15.3. The lowest BCUT2D eigenvalue weighted by molar-refractivity contribution is -0.117. The molecule has 1 N–H and O–H groups in total. The summed E-state index contributed by atoms with van der Waals surface area (Å²) in [5.41, 5.74) is 2.57. The Labute approximate surface area is 136 Å². The second kappa shape index (κ2) is 6.65. The number of rotatable bonds is 4. The Morgan fingerprint density at radius 1 is 1.13 bits per heavy atom. The van der Waals surface area contributed by atoms with Crippen LogP contribution < -0.4 is 10.2 Å². The third kappa shape index (κ3) is 3.42. The molecule has 0 aliphatic carbocycles. The van der Waals surface area contributed by atoms with Gasteiger partial charge in [-0.3, -0.25) is 9.59 Å². The number of para-hydroxylation sites is 1. The topological polar surface area (TPSA) is 49.4 Å². The summed E-state index contributed by atoms with van der Waals surface area (Å²) in [5.74, 6) is 0.190. The summed E-state index contributed by atoms with van der Waals surface area (Å²) in [6, 6.07) is 17.2. The summed E-state index contributed by atoms with van der Waals surface area (Å²) in [4.78, 5) is 26.2. The first-order valence-corrected chi connectivity index (χ1v) is 7.84. The van der Waals surface area contributed by atoms with E-state index in [0.29, 0.717) is 25.1 Å². The largest absolute Gasteiger partial charge is 0.352 e. The lowest BCUT2D eigenvalue weighted by atomic mass is 10.1. The summed E-state index contributed by atoms with van der Waals surface area (Å²) >= 11 is 0. The Morgan fingerprint density at radius 2 is 1.83 bits per heavy atom. The maximum atomic E-state index is 12.2. The molecule has 0 saturated carbocycles. The molecule has 4 nitrogen and oxygen atoms in total. The molecule has 1 atom stereocenters. The van der Waals surface area contributed by atoms with Gasteiger partial charge in [0, 0.05) is 36.7 Å². The highest BCUT2D eigenvalue weighted by Gasteiger charge is 2.30. The van der Waals surface area contributed by atoms with Gasteiger partial charge in [0.05, 0.1) is 0 Å². The smallest absolute Gasteiger partial charge is 0.251 e. The molecule has 0 radical (unpaired) electrons. The van der Waals surface area contributed by atoms with Gasteiger partial charge in [0.25, 0.3) is 5.91 Å². The van der Waals surface area contributed by atoms with E-state index in [9.17, 15) is 9.59 Å². The van der Waals surface area contributed by atoms with Gasteiger partial charge in [-0.15, -0.1) is 0 Å². The molecule has 1 heterocycles. The predicted molar refractivity (Wildman–Crippen MR) is 90.4 cm³/mol. The molecule has 0 spiro atoms. The standard InChI is InChI=1S/C19H20N2O2/c1-14-7-5-6-10-17(14)19(23)20-12-15-11-18(22)21(13-15)16-8-3-2-4-9-16/h2-10,15H,11-13H2,1H3,(H,20,23)/t15-/m0/s1. The molecule has 0 unspecified atom stereocenters. The van der Waals surface area contributed by atoms with E-state index in [-0.39, 0.29) is 17.7 Å². The second-order valence-electron chi connectivity index (χ2n) is 5.93. The van der Waals surface area contributed by atoms with Crippen molar-refractivity contribution < 1.29 is 9.59 Å². The highest BCUT2D eigenvalue weighted by Crippen LogP contribution is 2.24. The van der Waals surface area contributed by atoms with Crippen LogP contribution in [0.3, 0.4) is 0 Å². The maximum absolute atomic E-state index is 12.2. The van der Waals surface area contributed by atoms with Gasteiger partial charge in [-0.25, -0.2) is 0 Å². The quantitative estimate of drug-likeness (QED) is 0.944. The number of nitrogens with zero attached hydrogens (tertiary/aromatic N) is 1. The van der Waals surface area contributed by atoms with Crippen LogP contribution in [0, 0.1) is 12.8 Å². The van der Waals surface area contributed by atoms with Crippen molar-refractivity contribution in [3.63, 3.8) is 0 Å². The number of amides is 2. The van der Waals surface area contributed by atoms with E-state index < -0.39 is 0 Å². The fraction of sp³-hybridized carbons (Fsp3) is 0.263. The van der Waals surface area contributed by atoms with Crippen molar-refractivity contribution in [1.29, 1.82) is 0 Å². The van der Waals surface area contributed by atoms with Crippen LogP contribution in [0.2, 0.25) is 0 Å². The summed E-state index contributed by atoms with van der Waals surface area (Å²) in [6.45, 7) is 3.09. The fourth-order valence-corrected chi connectivity index (χ4v) is 2.94.